The molecule has 1 amide bonds. The number of carbonyl (C=O) groups excluding carboxylic acids is 1. The van der Waals surface area contributed by atoms with Crippen molar-refractivity contribution >= 4 is 33.5 Å². The number of halogens is 1. The first-order valence-corrected chi connectivity index (χ1v) is 12.5. The number of aryl methyl sites for hydroxylation is 1. The topological polar surface area (TPSA) is 95.0 Å². The van der Waals surface area contributed by atoms with E-state index in [0.717, 1.165) is 35.4 Å². The predicted octanol–water partition coefficient (Wildman–Crippen LogP) is 2.88. The van der Waals surface area contributed by atoms with Gasteiger partial charge in [0.1, 0.15) is 0 Å². The number of benzene rings is 1. The molecule has 0 unspecified atom stereocenters. The van der Waals surface area contributed by atoms with Gasteiger partial charge in [-0.1, -0.05) is 23.7 Å². The van der Waals surface area contributed by atoms with Gasteiger partial charge in [0.05, 0.1) is 18.1 Å². The van der Waals surface area contributed by atoms with Gasteiger partial charge in [-0.25, -0.2) is 12.7 Å². The Hall–Kier alpha value is -1.64. The molecule has 1 N–H and O–H groups in total. The number of hydrogen-bond donors (Lipinski definition) is 1. The van der Waals surface area contributed by atoms with Gasteiger partial charge in [0.25, 0.3) is 0 Å². The second-order valence-corrected chi connectivity index (χ2v) is 10.5. The molecule has 9 heteroatoms. The molecule has 1 aromatic carbocycles. The zero-order valence-electron chi connectivity index (χ0n) is 17.6. The molecule has 2 atom stereocenters. The molecule has 0 aliphatic carbocycles. The standard InChI is InChI=1S/C21H31ClN2O5S/c1-23(30(2,28)29)15-19(21(26)27)18(20(25)24-13-4-3-5-14-24)8-6-7-16-9-11-17(22)12-10-16/h9-12,18-19H,3-8,13-15H2,1-2H3,(H,26,27)/t18-,19+/m1/s1. The third-order valence-corrected chi connectivity index (χ3v) is 7.23. The fourth-order valence-corrected chi connectivity index (χ4v) is 4.37. The molecule has 1 heterocycles. The number of sulfonamides is 1. The Kier molecular flexibility index (Phi) is 9.12. The van der Waals surface area contributed by atoms with E-state index in [4.69, 9.17) is 11.6 Å². The minimum atomic E-state index is -3.55. The zero-order chi connectivity index (χ0) is 22.3. The highest BCUT2D eigenvalue weighted by Crippen LogP contribution is 2.26. The van der Waals surface area contributed by atoms with E-state index in [-0.39, 0.29) is 12.5 Å². The Balaban J connectivity index is 2.17. The lowest BCUT2D eigenvalue weighted by molar-refractivity contribution is -0.151. The van der Waals surface area contributed by atoms with Crippen LogP contribution in [0, 0.1) is 11.8 Å². The molecule has 0 radical (unpaired) electrons. The predicted molar refractivity (Wildman–Crippen MR) is 117 cm³/mol. The summed E-state index contributed by atoms with van der Waals surface area (Å²) in [6.07, 6.45) is 5.60. The number of aliphatic carboxylic acids is 1. The first-order valence-electron chi connectivity index (χ1n) is 10.3. The molecule has 1 aliphatic heterocycles. The van der Waals surface area contributed by atoms with Gasteiger partial charge in [0, 0.05) is 31.7 Å². The molecule has 0 saturated carbocycles. The van der Waals surface area contributed by atoms with E-state index in [1.165, 1.54) is 7.05 Å². The number of piperidine rings is 1. The molecule has 168 valence electrons. The highest BCUT2D eigenvalue weighted by Gasteiger charge is 2.38. The van der Waals surface area contributed by atoms with E-state index in [1.54, 1.807) is 17.0 Å². The van der Waals surface area contributed by atoms with Crippen molar-refractivity contribution in [3.05, 3.63) is 34.9 Å². The maximum absolute atomic E-state index is 13.2. The molecule has 1 aliphatic rings. The first-order chi connectivity index (χ1) is 14.1. The number of nitrogens with zero attached hydrogens (tertiary/aromatic N) is 2. The van der Waals surface area contributed by atoms with E-state index in [9.17, 15) is 23.1 Å². The Labute approximate surface area is 184 Å². The normalized spacial score (nSPS) is 17.0. The fourth-order valence-electron chi connectivity index (χ4n) is 3.81. The molecule has 0 bridgehead atoms. The number of carboxylic acid groups (broad SMARTS) is 1. The Bertz CT molecular complexity index is 822. The van der Waals surface area contributed by atoms with Crippen LogP contribution in [-0.4, -0.2) is 67.5 Å². The number of carboxylic acids is 1. The van der Waals surface area contributed by atoms with Gasteiger partial charge in [-0.2, -0.15) is 0 Å². The summed E-state index contributed by atoms with van der Waals surface area (Å²) < 4.78 is 24.7. The number of likely N-dealkylation sites (tertiary alicyclic amines) is 1. The molecular weight excluding hydrogens is 428 g/mol. The van der Waals surface area contributed by atoms with E-state index in [1.807, 2.05) is 12.1 Å². The summed E-state index contributed by atoms with van der Waals surface area (Å²) in [6.45, 7) is 1.03. The van der Waals surface area contributed by atoms with Crippen LogP contribution < -0.4 is 0 Å². The van der Waals surface area contributed by atoms with Crippen LogP contribution in [0.5, 0.6) is 0 Å². The smallest absolute Gasteiger partial charge is 0.308 e. The van der Waals surface area contributed by atoms with Crippen molar-refractivity contribution in [1.82, 2.24) is 9.21 Å². The minimum absolute atomic E-state index is 0.180. The van der Waals surface area contributed by atoms with Crippen molar-refractivity contribution in [2.45, 2.75) is 38.5 Å². The van der Waals surface area contributed by atoms with Crippen molar-refractivity contribution in [2.24, 2.45) is 11.8 Å². The summed E-state index contributed by atoms with van der Waals surface area (Å²) in [4.78, 5) is 27.0. The summed E-state index contributed by atoms with van der Waals surface area (Å²) >= 11 is 5.92. The molecule has 30 heavy (non-hydrogen) atoms. The van der Waals surface area contributed by atoms with Crippen LogP contribution in [0.3, 0.4) is 0 Å². The van der Waals surface area contributed by atoms with Gasteiger partial charge in [-0.05, 0) is 56.2 Å². The van der Waals surface area contributed by atoms with E-state index in [2.05, 4.69) is 0 Å². The van der Waals surface area contributed by atoms with Crippen molar-refractivity contribution in [3.63, 3.8) is 0 Å². The van der Waals surface area contributed by atoms with Crippen molar-refractivity contribution in [3.8, 4) is 0 Å². The Morgan fingerprint density at radius 2 is 1.73 bits per heavy atom. The third-order valence-electron chi connectivity index (χ3n) is 5.70. The monoisotopic (exact) mass is 458 g/mol. The van der Waals surface area contributed by atoms with E-state index >= 15 is 0 Å². The summed E-state index contributed by atoms with van der Waals surface area (Å²) in [5.74, 6) is -3.19. The molecule has 7 nitrogen and oxygen atoms in total. The van der Waals surface area contributed by atoms with E-state index < -0.39 is 27.8 Å². The zero-order valence-corrected chi connectivity index (χ0v) is 19.2. The largest absolute Gasteiger partial charge is 0.481 e. The summed E-state index contributed by atoms with van der Waals surface area (Å²) in [7, 11) is -2.20. The number of rotatable bonds is 10. The van der Waals surface area contributed by atoms with Gasteiger partial charge in [0.2, 0.25) is 15.9 Å². The second-order valence-electron chi connectivity index (χ2n) is 8.00. The lowest BCUT2D eigenvalue weighted by atomic mass is 9.85. The molecule has 1 saturated heterocycles. The van der Waals surface area contributed by atoms with Gasteiger partial charge < -0.3 is 10.0 Å². The lowest BCUT2D eigenvalue weighted by Crippen LogP contribution is -2.47. The quantitative estimate of drug-likeness (QED) is 0.581. The maximum atomic E-state index is 13.2. The van der Waals surface area contributed by atoms with Crippen LogP contribution >= 0.6 is 11.6 Å². The van der Waals surface area contributed by atoms with Crippen LogP contribution in [0.25, 0.3) is 0 Å². The first kappa shape index (κ1) is 24.6. The van der Waals surface area contributed by atoms with Crippen LogP contribution in [-0.2, 0) is 26.0 Å². The van der Waals surface area contributed by atoms with Crippen molar-refractivity contribution in [1.29, 1.82) is 0 Å². The van der Waals surface area contributed by atoms with Crippen molar-refractivity contribution < 1.29 is 23.1 Å². The lowest BCUT2D eigenvalue weighted by Gasteiger charge is -2.33. The minimum Gasteiger partial charge on any atom is -0.481 e. The van der Waals surface area contributed by atoms with E-state index in [0.29, 0.717) is 37.4 Å². The number of amides is 1. The van der Waals surface area contributed by atoms with Crippen LogP contribution in [0.2, 0.25) is 5.02 Å². The van der Waals surface area contributed by atoms with Crippen molar-refractivity contribution in [2.75, 3.05) is 32.9 Å². The van der Waals surface area contributed by atoms with Crippen LogP contribution in [0.15, 0.2) is 24.3 Å². The fraction of sp³-hybridized carbons (Fsp3) is 0.619. The van der Waals surface area contributed by atoms with Crippen LogP contribution in [0.1, 0.15) is 37.7 Å². The highest BCUT2D eigenvalue weighted by atomic mass is 35.5. The van der Waals surface area contributed by atoms with Gasteiger partial charge in [0.15, 0.2) is 0 Å². The average Bonchev–Trinajstić information content (AvgIpc) is 2.70. The van der Waals surface area contributed by atoms with Gasteiger partial charge in [-0.3, -0.25) is 9.59 Å². The molecular formula is C21H31ClN2O5S. The maximum Gasteiger partial charge on any atom is 0.308 e. The molecule has 1 aromatic rings. The molecule has 0 aromatic heterocycles. The Morgan fingerprint density at radius 1 is 1.13 bits per heavy atom. The van der Waals surface area contributed by atoms with Gasteiger partial charge >= 0.3 is 5.97 Å². The molecule has 0 spiro atoms. The highest BCUT2D eigenvalue weighted by molar-refractivity contribution is 7.88. The molecule has 1 fully saturated rings. The SMILES string of the molecule is CN(C[C@H](C(=O)O)[C@@H](CCCc1ccc(Cl)cc1)C(=O)N1CCCCC1)S(C)(=O)=O. The number of hydrogen-bond acceptors (Lipinski definition) is 4. The average molecular weight is 459 g/mol. The number of carbonyl (C=O) groups is 2. The summed E-state index contributed by atoms with van der Waals surface area (Å²) in [5.41, 5.74) is 1.06. The Morgan fingerprint density at radius 3 is 2.27 bits per heavy atom. The summed E-state index contributed by atoms with van der Waals surface area (Å²) in [6, 6.07) is 7.43. The van der Waals surface area contributed by atoms with Gasteiger partial charge in [-0.15, -0.1) is 0 Å². The molecule has 2 rings (SSSR count). The third kappa shape index (κ3) is 7.25. The summed E-state index contributed by atoms with van der Waals surface area (Å²) in [5, 5.41) is 10.5. The second kappa shape index (κ2) is 11.1. The van der Waals surface area contributed by atoms with Crippen LogP contribution in [0.4, 0.5) is 0 Å².